The molecular formula is C26H32N2O7. The van der Waals surface area contributed by atoms with Crippen molar-refractivity contribution in [3.63, 3.8) is 0 Å². The minimum atomic E-state index is -0.542. The van der Waals surface area contributed by atoms with E-state index in [1.807, 2.05) is 26.0 Å². The summed E-state index contributed by atoms with van der Waals surface area (Å²) in [5.41, 5.74) is 2.73. The van der Waals surface area contributed by atoms with Crippen LogP contribution < -0.4 is 14.8 Å². The summed E-state index contributed by atoms with van der Waals surface area (Å²) in [5, 5.41) is 2.86. The number of urea groups is 1. The Labute approximate surface area is 205 Å². The highest BCUT2D eigenvalue weighted by Crippen LogP contribution is 2.40. The molecule has 1 atom stereocenters. The van der Waals surface area contributed by atoms with Gasteiger partial charge in [-0.25, -0.2) is 9.59 Å². The highest BCUT2D eigenvalue weighted by Gasteiger charge is 2.34. The summed E-state index contributed by atoms with van der Waals surface area (Å²) >= 11 is 0. The lowest BCUT2D eigenvalue weighted by atomic mass is 9.90. The van der Waals surface area contributed by atoms with Crippen molar-refractivity contribution in [2.24, 2.45) is 0 Å². The van der Waals surface area contributed by atoms with Crippen molar-refractivity contribution in [1.82, 2.24) is 4.90 Å². The van der Waals surface area contributed by atoms with E-state index in [1.165, 1.54) is 7.11 Å². The predicted molar refractivity (Wildman–Crippen MR) is 130 cm³/mol. The van der Waals surface area contributed by atoms with E-state index in [-0.39, 0.29) is 19.1 Å². The maximum atomic E-state index is 13.3. The number of methoxy groups -OCH3 is 1. The van der Waals surface area contributed by atoms with Crippen molar-refractivity contribution in [2.75, 3.05) is 38.8 Å². The van der Waals surface area contributed by atoms with Crippen LogP contribution in [0.25, 0.3) is 0 Å². The number of hydrogen-bond donors (Lipinski definition) is 1. The quantitative estimate of drug-likeness (QED) is 0.528. The summed E-state index contributed by atoms with van der Waals surface area (Å²) in [4.78, 5) is 39.0. The number of amides is 2. The number of esters is 2. The normalized spacial score (nSPS) is 14.5. The highest BCUT2D eigenvalue weighted by molar-refractivity contribution is 5.93. The summed E-state index contributed by atoms with van der Waals surface area (Å²) in [7, 11) is 1.32. The third kappa shape index (κ3) is 6.23. The molecule has 0 saturated carbocycles. The first-order valence-corrected chi connectivity index (χ1v) is 11.8. The Morgan fingerprint density at radius 2 is 1.63 bits per heavy atom. The van der Waals surface area contributed by atoms with Crippen molar-refractivity contribution in [3.8, 4) is 11.5 Å². The lowest BCUT2D eigenvalue weighted by Crippen LogP contribution is -2.43. The third-order valence-electron chi connectivity index (χ3n) is 5.66. The summed E-state index contributed by atoms with van der Waals surface area (Å²) in [6.07, 6.45) is 0.590. The molecule has 0 unspecified atom stereocenters. The number of anilines is 1. The van der Waals surface area contributed by atoms with E-state index in [2.05, 4.69) is 5.32 Å². The molecule has 1 aliphatic rings. The van der Waals surface area contributed by atoms with Gasteiger partial charge in [0.1, 0.15) is 0 Å². The van der Waals surface area contributed by atoms with Crippen LogP contribution in [-0.2, 0) is 20.7 Å². The topological polar surface area (TPSA) is 103 Å². The van der Waals surface area contributed by atoms with Crippen LogP contribution >= 0.6 is 0 Å². The Morgan fingerprint density at radius 3 is 2.23 bits per heavy atom. The van der Waals surface area contributed by atoms with Gasteiger partial charge in [-0.15, -0.1) is 0 Å². The van der Waals surface area contributed by atoms with Crippen LogP contribution in [0.2, 0.25) is 0 Å². The lowest BCUT2D eigenvalue weighted by Gasteiger charge is -2.37. The molecule has 2 aromatic carbocycles. The van der Waals surface area contributed by atoms with E-state index in [9.17, 15) is 14.4 Å². The first-order chi connectivity index (χ1) is 16.9. The number of rotatable bonds is 9. The molecule has 0 aliphatic carbocycles. The number of nitrogens with zero attached hydrogens (tertiary/aromatic N) is 1. The molecule has 0 saturated heterocycles. The van der Waals surface area contributed by atoms with E-state index in [1.54, 1.807) is 36.1 Å². The zero-order valence-electron chi connectivity index (χ0n) is 20.6. The monoisotopic (exact) mass is 484 g/mol. The number of fused-ring (bicyclic) bond motifs is 1. The molecule has 0 radical (unpaired) electrons. The smallest absolute Gasteiger partial charge is 0.338 e. The summed E-state index contributed by atoms with van der Waals surface area (Å²) < 4.78 is 21.4. The van der Waals surface area contributed by atoms with Crippen molar-refractivity contribution in [2.45, 2.75) is 39.7 Å². The molecule has 2 aromatic rings. The van der Waals surface area contributed by atoms with Gasteiger partial charge in [0, 0.05) is 12.2 Å². The van der Waals surface area contributed by atoms with Crippen molar-refractivity contribution < 1.29 is 33.3 Å². The Morgan fingerprint density at radius 1 is 0.971 bits per heavy atom. The summed E-state index contributed by atoms with van der Waals surface area (Å²) in [6.45, 7) is 7.16. The van der Waals surface area contributed by atoms with Gasteiger partial charge in [0.15, 0.2) is 11.5 Å². The third-order valence-corrected chi connectivity index (χ3v) is 5.66. The standard InChI is InChI=1S/C26H32N2O7/c1-5-33-22-14-18-12-13-28(21(16-24(29)32-4)20(18)15-23(22)34-6-2)26(31)27-19-10-8-17(9-11-19)25(30)35-7-3/h8-11,14-15,21H,5-7,12-13,16H2,1-4H3,(H,27,31)/t21-/m1/s1. The van der Waals surface area contributed by atoms with Gasteiger partial charge in [0.2, 0.25) is 0 Å². The predicted octanol–water partition coefficient (Wildman–Crippen LogP) is 4.36. The van der Waals surface area contributed by atoms with Gasteiger partial charge in [0.25, 0.3) is 0 Å². The van der Waals surface area contributed by atoms with Crippen molar-refractivity contribution in [3.05, 3.63) is 53.1 Å². The average Bonchev–Trinajstić information content (AvgIpc) is 2.85. The Bertz CT molecular complexity index is 1050. The van der Waals surface area contributed by atoms with Crippen molar-refractivity contribution in [1.29, 1.82) is 0 Å². The zero-order valence-corrected chi connectivity index (χ0v) is 20.6. The van der Waals surface area contributed by atoms with Crippen LogP contribution in [-0.4, -0.2) is 56.3 Å². The summed E-state index contributed by atoms with van der Waals surface area (Å²) in [6, 6.07) is 9.34. The fraction of sp³-hybridized carbons (Fsp3) is 0.423. The summed E-state index contributed by atoms with van der Waals surface area (Å²) in [5.74, 6) is 0.364. The number of carbonyl (C=O) groups is 3. The SMILES string of the molecule is CCOC(=O)c1ccc(NC(=O)N2CCc3cc(OCC)c(OCC)cc3[C@H]2CC(=O)OC)cc1. The fourth-order valence-electron chi connectivity index (χ4n) is 4.05. The number of benzene rings is 2. The Balaban J connectivity index is 1.87. The minimum Gasteiger partial charge on any atom is -0.490 e. The van der Waals surface area contributed by atoms with Gasteiger partial charge in [-0.2, -0.15) is 0 Å². The molecular weight excluding hydrogens is 452 g/mol. The number of carbonyl (C=O) groups excluding carboxylic acids is 3. The molecule has 3 rings (SSSR count). The first kappa shape index (κ1) is 25.9. The molecule has 0 aromatic heterocycles. The second-order valence-electron chi connectivity index (χ2n) is 7.83. The molecule has 9 nitrogen and oxygen atoms in total. The highest BCUT2D eigenvalue weighted by atomic mass is 16.5. The molecule has 188 valence electrons. The van der Waals surface area contributed by atoms with Gasteiger partial charge < -0.3 is 29.2 Å². The van der Waals surface area contributed by atoms with Gasteiger partial charge in [-0.3, -0.25) is 4.79 Å². The van der Waals surface area contributed by atoms with E-state index in [0.717, 1.165) is 11.1 Å². The molecule has 2 amide bonds. The van der Waals surface area contributed by atoms with Gasteiger partial charge in [-0.05, 0) is 74.7 Å². The van der Waals surface area contributed by atoms with E-state index < -0.39 is 18.0 Å². The molecule has 35 heavy (non-hydrogen) atoms. The first-order valence-electron chi connectivity index (χ1n) is 11.8. The zero-order chi connectivity index (χ0) is 25.4. The van der Waals surface area contributed by atoms with Crippen LogP contribution in [0.4, 0.5) is 10.5 Å². The number of ether oxygens (including phenoxy) is 4. The maximum Gasteiger partial charge on any atom is 0.338 e. The average molecular weight is 485 g/mol. The molecule has 1 heterocycles. The molecule has 0 bridgehead atoms. The molecule has 1 aliphatic heterocycles. The molecule has 0 fully saturated rings. The molecule has 0 spiro atoms. The van der Waals surface area contributed by atoms with Gasteiger partial charge in [0.05, 0.1) is 45.0 Å². The van der Waals surface area contributed by atoms with Crippen LogP contribution in [0.3, 0.4) is 0 Å². The fourth-order valence-corrected chi connectivity index (χ4v) is 4.05. The van der Waals surface area contributed by atoms with Gasteiger partial charge >= 0.3 is 18.0 Å². The van der Waals surface area contributed by atoms with Gasteiger partial charge in [-0.1, -0.05) is 0 Å². The molecule has 1 N–H and O–H groups in total. The lowest BCUT2D eigenvalue weighted by molar-refractivity contribution is -0.141. The van der Waals surface area contributed by atoms with Crippen LogP contribution in [0.1, 0.15) is 54.7 Å². The van der Waals surface area contributed by atoms with E-state index >= 15 is 0 Å². The minimum absolute atomic E-state index is 0.00172. The number of nitrogens with one attached hydrogen (secondary N) is 1. The second-order valence-corrected chi connectivity index (χ2v) is 7.83. The van der Waals surface area contributed by atoms with Crippen LogP contribution in [0.15, 0.2) is 36.4 Å². The maximum absolute atomic E-state index is 13.3. The van der Waals surface area contributed by atoms with Crippen LogP contribution in [0.5, 0.6) is 11.5 Å². The molecule has 9 heteroatoms. The number of hydrogen-bond acceptors (Lipinski definition) is 7. The van der Waals surface area contributed by atoms with Crippen LogP contribution in [0, 0.1) is 0 Å². The largest absolute Gasteiger partial charge is 0.490 e. The second kappa shape index (κ2) is 12.1. The Kier molecular flexibility index (Phi) is 8.94. The van der Waals surface area contributed by atoms with E-state index in [4.69, 9.17) is 18.9 Å². The van der Waals surface area contributed by atoms with E-state index in [0.29, 0.717) is 48.9 Å². The van der Waals surface area contributed by atoms with Crippen molar-refractivity contribution >= 4 is 23.7 Å². The Hall–Kier alpha value is -3.75.